The van der Waals surface area contributed by atoms with Crippen LogP contribution < -0.4 is 4.74 Å². The molecule has 1 saturated heterocycles. The number of carbonyl (C=O) groups is 1. The number of pyridine rings is 1. The maximum atomic E-state index is 13.6. The molecule has 1 fully saturated rings. The lowest BCUT2D eigenvalue weighted by atomic mass is 10.0. The van der Waals surface area contributed by atoms with Crippen molar-refractivity contribution < 1.29 is 18.8 Å². The zero-order valence-corrected chi connectivity index (χ0v) is 18.4. The van der Waals surface area contributed by atoms with Gasteiger partial charge in [-0.25, -0.2) is 4.98 Å². The number of rotatable bonds is 3. The van der Waals surface area contributed by atoms with Gasteiger partial charge in [0.1, 0.15) is 23.9 Å². The molecule has 0 saturated carbocycles. The summed E-state index contributed by atoms with van der Waals surface area (Å²) in [5, 5.41) is 4.11. The molecule has 1 atom stereocenters. The van der Waals surface area contributed by atoms with Crippen molar-refractivity contribution in [2.45, 2.75) is 19.9 Å². The van der Waals surface area contributed by atoms with Crippen molar-refractivity contribution in [1.29, 1.82) is 0 Å². The van der Waals surface area contributed by atoms with Crippen LogP contribution in [0.4, 0.5) is 0 Å². The Morgan fingerprint density at radius 1 is 1.12 bits per heavy atom. The minimum absolute atomic E-state index is 0.109. The van der Waals surface area contributed by atoms with Gasteiger partial charge in [0.15, 0.2) is 5.75 Å². The van der Waals surface area contributed by atoms with E-state index in [1.807, 2.05) is 48.7 Å². The van der Waals surface area contributed by atoms with Crippen molar-refractivity contribution in [3.63, 3.8) is 0 Å². The summed E-state index contributed by atoms with van der Waals surface area (Å²) in [5.41, 5.74) is 4.88. The average molecular weight is 445 g/mol. The van der Waals surface area contributed by atoms with E-state index < -0.39 is 0 Å². The van der Waals surface area contributed by atoms with Crippen LogP contribution in [-0.2, 0) is 4.74 Å². The van der Waals surface area contributed by atoms with Crippen molar-refractivity contribution in [1.82, 2.24) is 24.6 Å². The molecule has 0 radical (unpaired) electrons. The number of nitrogens with zero attached hydrogens (tertiary/aromatic N) is 5. The van der Waals surface area contributed by atoms with Gasteiger partial charge < -0.3 is 23.5 Å². The lowest BCUT2D eigenvalue weighted by Crippen LogP contribution is -2.42. The molecular weight excluding hydrogens is 422 g/mol. The van der Waals surface area contributed by atoms with E-state index in [9.17, 15) is 4.79 Å². The number of amides is 1. The molecule has 1 unspecified atom stereocenters. The van der Waals surface area contributed by atoms with Crippen LogP contribution in [0.5, 0.6) is 5.75 Å². The second-order valence-corrected chi connectivity index (χ2v) is 8.30. The maximum Gasteiger partial charge on any atom is 0.290 e. The molecule has 0 N–H and O–H groups in total. The van der Waals surface area contributed by atoms with Crippen molar-refractivity contribution in [3.05, 3.63) is 59.5 Å². The van der Waals surface area contributed by atoms with E-state index in [-0.39, 0.29) is 11.9 Å². The molecule has 3 aromatic heterocycles. The largest absolute Gasteiger partial charge is 0.488 e. The standard InChI is InChI=1S/C24H23N5O4/c1-14-20(15(2)33-27-14)16-6-7-18-21-22(16)32-13-19(17-5-3-4-8-25-17)29(21)23(26-18)24(30)28-9-11-31-12-10-28/h3-8,19H,9-13H2,1-2H3. The van der Waals surface area contributed by atoms with Crippen molar-refractivity contribution in [2.75, 3.05) is 32.9 Å². The summed E-state index contributed by atoms with van der Waals surface area (Å²) < 4.78 is 19.2. The van der Waals surface area contributed by atoms with Gasteiger partial charge in [-0.15, -0.1) is 0 Å². The van der Waals surface area contributed by atoms with Crippen LogP contribution in [0.3, 0.4) is 0 Å². The Labute approximate surface area is 189 Å². The van der Waals surface area contributed by atoms with Crippen LogP contribution >= 0.6 is 0 Å². The Kier molecular flexibility index (Phi) is 4.65. The van der Waals surface area contributed by atoms with Crippen molar-refractivity contribution in [3.8, 4) is 16.9 Å². The molecule has 1 aromatic carbocycles. The van der Waals surface area contributed by atoms with Gasteiger partial charge >= 0.3 is 0 Å². The van der Waals surface area contributed by atoms with E-state index in [4.69, 9.17) is 19.0 Å². The number of morpholine rings is 1. The molecule has 168 valence electrons. The third-order valence-corrected chi connectivity index (χ3v) is 6.32. The summed E-state index contributed by atoms with van der Waals surface area (Å²) in [6, 6.07) is 9.38. The Morgan fingerprint density at radius 3 is 2.70 bits per heavy atom. The fourth-order valence-electron chi connectivity index (χ4n) is 4.76. The topological polar surface area (TPSA) is 95.5 Å². The average Bonchev–Trinajstić information content (AvgIpc) is 3.41. The van der Waals surface area contributed by atoms with Crippen LogP contribution in [0.1, 0.15) is 33.8 Å². The summed E-state index contributed by atoms with van der Waals surface area (Å²) in [7, 11) is 0. The molecule has 9 heteroatoms. The lowest BCUT2D eigenvalue weighted by Gasteiger charge is -2.30. The number of aromatic nitrogens is 4. The first-order chi connectivity index (χ1) is 16.1. The molecule has 6 rings (SSSR count). The van der Waals surface area contributed by atoms with Gasteiger partial charge in [0.2, 0.25) is 5.82 Å². The lowest BCUT2D eigenvalue weighted by molar-refractivity contribution is 0.0290. The predicted octanol–water partition coefficient (Wildman–Crippen LogP) is 3.16. The SMILES string of the molecule is Cc1noc(C)c1-c1ccc2nc(C(=O)N3CCOCC3)n3c2c1OCC3c1ccccn1. The maximum absolute atomic E-state index is 13.6. The minimum Gasteiger partial charge on any atom is -0.488 e. The van der Waals surface area contributed by atoms with Gasteiger partial charge in [0.05, 0.1) is 35.7 Å². The Morgan fingerprint density at radius 2 is 1.97 bits per heavy atom. The molecule has 2 aliphatic rings. The Hall–Kier alpha value is -3.72. The zero-order chi connectivity index (χ0) is 22.5. The fraction of sp³-hybridized carbons (Fsp3) is 0.333. The third-order valence-electron chi connectivity index (χ3n) is 6.32. The van der Waals surface area contributed by atoms with Gasteiger partial charge in [0.25, 0.3) is 5.91 Å². The van der Waals surface area contributed by atoms with Crippen LogP contribution in [0.15, 0.2) is 41.1 Å². The quantitative estimate of drug-likeness (QED) is 0.478. The zero-order valence-electron chi connectivity index (χ0n) is 18.4. The van der Waals surface area contributed by atoms with Crippen LogP contribution in [0, 0.1) is 13.8 Å². The van der Waals surface area contributed by atoms with E-state index >= 15 is 0 Å². The summed E-state index contributed by atoms with van der Waals surface area (Å²) in [4.78, 5) is 24.7. The highest BCUT2D eigenvalue weighted by molar-refractivity contribution is 5.99. The summed E-state index contributed by atoms with van der Waals surface area (Å²) in [6.45, 7) is 6.27. The molecule has 9 nitrogen and oxygen atoms in total. The number of ether oxygens (including phenoxy) is 2. The van der Waals surface area contributed by atoms with E-state index in [0.717, 1.165) is 28.0 Å². The number of benzene rings is 1. The molecule has 4 aromatic rings. The van der Waals surface area contributed by atoms with E-state index in [1.165, 1.54) is 0 Å². The number of carbonyl (C=O) groups excluding carboxylic acids is 1. The molecule has 1 amide bonds. The number of hydrogen-bond acceptors (Lipinski definition) is 7. The van der Waals surface area contributed by atoms with Gasteiger partial charge in [-0.1, -0.05) is 11.2 Å². The summed E-state index contributed by atoms with van der Waals surface area (Å²) in [5.74, 6) is 1.68. The van der Waals surface area contributed by atoms with Crippen LogP contribution in [-0.4, -0.2) is 63.4 Å². The number of imidazole rings is 1. The second kappa shape index (κ2) is 7.70. The molecule has 5 heterocycles. The predicted molar refractivity (Wildman–Crippen MR) is 119 cm³/mol. The Balaban J connectivity index is 1.59. The Bertz CT molecular complexity index is 1330. The minimum atomic E-state index is -0.274. The first-order valence-corrected chi connectivity index (χ1v) is 11.0. The first-order valence-electron chi connectivity index (χ1n) is 11.0. The van der Waals surface area contributed by atoms with E-state index in [0.29, 0.717) is 55.8 Å². The smallest absolute Gasteiger partial charge is 0.290 e. The van der Waals surface area contributed by atoms with Crippen LogP contribution in [0.2, 0.25) is 0 Å². The highest BCUT2D eigenvalue weighted by Crippen LogP contribution is 2.44. The molecule has 0 aliphatic carbocycles. The van der Waals surface area contributed by atoms with Gasteiger partial charge in [-0.2, -0.15) is 0 Å². The highest BCUT2D eigenvalue weighted by atomic mass is 16.5. The van der Waals surface area contributed by atoms with E-state index in [2.05, 4.69) is 10.1 Å². The fourth-order valence-corrected chi connectivity index (χ4v) is 4.76. The van der Waals surface area contributed by atoms with Gasteiger partial charge in [-0.3, -0.25) is 9.78 Å². The second-order valence-electron chi connectivity index (χ2n) is 8.30. The first kappa shape index (κ1) is 19.9. The molecule has 33 heavy (non-hydrogen) atoms. The number of aryl methyl sites for hydroxylation is 2. The normalized spacial score (nSPS) is 17.9. The molecule has 0 spiro atoms. The third kappa shape index (κ3) is 3.11. The van der Waals surface area contributed by atoms with E-state index in [1.54, 1.807) is 11.1 Å². The summed E-state index contributed by atoms with van der Waals surface area (Å²) in [6.07, 6.45) is 1.75. The van der Waals surface area contributed by atoms with Gasteiger partial charge in [-0.05, 0) is 38.1 Å². The molecule has 2 aliphatic heterocycles. The molecular formula is C24H23N5O4. The van der Waals surface area contributed by atoms with Crippen molar-refractivity contribution in [2.24, 2.45) is 0 Å². The van der Waals surface area contributed by atoms with Gasteiger partial charge in [0, 0.05) is 24.8 Å². The number of hydrogen-bond donors (Lipinski definition) is 0. The molecule has 0 bridgehead atoms. The highest BCUT2D eigenvalue weighted by Gasteiger charge is 2.35. The monoisotopic (exact) mass is 445 g/mol. The van der Waals surface area contributed by atoms with Crippen LogP contribution in [0.25, 0.3) is 22.2 Å². The summed E-state index contributed by atoms with van der Waals surface area (Å²) >= 11 is 0. The van der Waals surface area contributed by atoms with Crippen molar-refractivity contribution >= 4 is 16.9 Å².